The largest absolute Gasteiger partial charge is 0.497 e. The van der Waals surface area contributed by atoms with Gasteiger partial charge in [-0.05, 0) is 41.5 Å². The lowest BCUT2D eigenvalue weighted by Gasteiger charge is -2.18. The number of fused-ring (bicyclic) bond motifs is 1. The van der Waals surface area contributed by atoms with Crippen molar-refractivity contribution in [3.8, 4) is 5.75 Å². The SMILES string of the molecule is COc1ccc(CN2c3ccc(Br)cc3CS2(=O)=O)cc1. The fourth-order valence-electron chi connectivity index (χ4n) is 2.42. The van der Waals surface area contributed by atoms with Crippen LogP contribution in [-0.4, -0.2) is 15.5 Å². The van der Waals surface area contributed by atoms with Crippen LogP contribution in [0.3, 0.4) is 0 Å². The average molecular weight is 368 g/mol. The van der Waals surface area contributed by atoms with E-state index in [2.05, 4.69) is 15.9 Å². The van der Waals surface area contributed by atoms with Crippen molar-refractivity contribution in [1.29, 1.82) is 0 Å². The number of methoxy groups -OCH3 is 1. The van der Waals surface area contributed by atoms with Crippen LogP contribution in [0.25, 0.3) is 0 Å². The number of nitrogens with zero attached hydrogens (tertiary/aromatic N) is 1. The van der Waals surface area contributed by atoms with Gasteiger partial charge in [0.2, 0.25) is 10.0 Å². The molecule has 110 valence electrons. The van der Waals surface area contributed by atoms with Crippen LogP contribution >= 0.6 is 15.9 Å². The minimum Gasteiger partial charge on any atom is -0.497 e. The van der Waals surface area contributed by atoms with Crippen molar-refractivity contribution >= 4 is 31.6 Å². The minimum absolute atomic E-state index is 0.0535. The van der Waals surface area contributed by atoms with Crippen LogP contribution in [0.2, 0.25) is 0 Å². The second kappa shape index (κ2) is 5.35. The number of sulfonamides is 1. The van der Waals surface area contributed by atoms with Gasteiger partial charge in [-0.2, -0.15) is 0 Å². The summed E-state index contributed by atoms with van der Waals surface area (Å²) >= 11 is 3.38. The molecule has 0 aromatic heterocycles. The molecule has 6 heteroatoms. The van der Waals surface area contributed by atoms with Gasteiger partial charge in [-0.3, -0.25) is 4.31 Å². The minimum atomic E-state index is -3.30. The molecule has 0 fully saturated rings. The summed E-state index contributed by atoms with van der Waals surface area (Å²) in [6, 6.07) is 13.0. The molecule has 0 unspecified atom stereocenters. The zero-order valence-corrected chi connectivity index (χ0v) is 13.8. The van der Waals surface area contributed by atoms with Crippen molar-refractivity contribution in [1.82, 2.24) is 0 Å². The summed E-state index contributed by atoms with van der Waals surface area (Å²) in [5.41, 5.74) is 2.52. The smallest absolute Gasteiger partial charge is 0.239 e. The third kappa shape index (κ3) is 2.78. The van der Waals surface area contributed by atoms with E-state index in [4.69, 9.17) is 4.74 Å². The Kier molecular flexibility index (Phi) is 3.67. The molecule has 0 atom stereocenters. The summed E-state index contributed by atoms with van der Waals surface area (Å²) in [5.74, 6) is 0.810. The first kappa shape index (κ1) is 14.4. The Morgan fingerprint density at radius 3 is 2.57 bits per heavy atom. The molecule has 0 amide bonds. The molecule has 0 saturated carbocycles. The highest BCUT2D eigenvalue weighted by molar-refractivity contribution is 9.10. The first-order chi connectivity index (χ1) is 9.99. The summed E-state index contributed by atoms with van der Waals surface area (Å²) < 4.78 is 32.2. The summed E-state index contributed by atoms with van der Waals surface area (Å²) in [4.78, 5) is 0. The number of hydrogen-bond donors (Lipinski definition) is 0. The molecule has 1 aliphatic rings. The Bertz CT molecular complexity index is 772. The molecule has 0 saturated heterocycles. The van der Waals surface area contributed by atoms with Crippen molar-refractivity contribution < 1.29 is 13.2 Å². The maximum Gasteiger partial charge on any atom is 0.239 e. The molecule has 0 N–H and O–H groups in total. The van der Waals surface area contributed by atoms with E-state index in [0.29, 0.717) is 6.54 Å². The molecule has 2 aromatic carbocycles. The van der Waals surface area contributed by atoms with Gasteiger partial charge < -0.3 is 4.74 Å². The van der Waals surface area contributed by atoms with E-state index in [-0.39, 0.29) is 5.75 Å². The molecule has 1 heterocycles. The molecule has 21 heavy (non-hydrogen) atoms. The van der Waals surface area contributed by atoms with Gasteiger partial charge in [-0.25, -0.2) is 8.42 Å². The highest BCUT2D eigenvalue weighted by Crippen LogP contribution is 2.36. The van der Waals surface area contributed by atoms with Crippen molar-refractivity contribution in [2.75, 3.05) is 11.4 Å². The number of ether oxygens (including phenoxy) is 1. The molecule has 2 aromatic rings. The Hall–Kier alpha value is -1.53. The highest BCUT2D eigenvalue weighted by atomic mass is 79.9. The van der Waals surface area contributed by atoms with Crippen molar-refractivity contribution in [2.45, 2.75) is 12.3 Å². The van der Waals surface area contributed by atoms with E-state index in [0.717, 1.165) is 27.0 Å². The van der Waals surface area contributed by atoms with Gasteiger partial charge in [0.15, 0.2) is 0 Å². The van der Waals surface area contributed by atoms with E-state index in [1.165, 1.54) is 4.31 Å². The van der Waals surface area contributed by atoms with E-state index < -0.39 is 10.0 Å². The molecule has 0 bridgehead atoms. The van der Waals surface area contributed by atoms with Crippen LogP contribution in [0.15, 0.2) is 46.9 Å². The Morgan fingerprint density at radius 1 is 1.19 bits per heavy atom. The first-order valence-electron chi connectivity index (χ1n) is 6.41. The van der Waals surface area contributed by atoms with Gasteiger partial charge >= 0.3 is 0 Å². The van der Waals surface area contributed by atoms with Crippen LogP contribution in [0, 0.1) is 0 Å². The van der Waals surface area contributed by atoms with Crippen molar-refractivity contribution in [3.63, 3.8) is 0 Å². The van der Waals surface area contributed by atoms with E-state index >= 15 is 0 Å². The number of benzene rings is 2. The monoisotopic (exact) mass is 367 g/mol. The van der Waals surface area contributed by atoms with E-state index in [9.17, 15) is 8.42 Å². The predicted octanol–water partition coefficient (Wildman–Crippen LogP) is 3.31. The number of anilines is 1. The fraction of sp³-hybridized carbons (Fsp3) is 0.200. The van der Waals surface area contributed by atoms with Gasteiger partial charge in [0.1, 0.15) is 5.75 Å². The molecule has 0 aliphatic carbocycles. The van der Waals surface area contributed by atoms with Crippen LogP contribution in [0.1, 0.15) is 11.1 Å². The summed E-state index contributed by atoms with van der Waals surface area (Å²) in [5, 5.41) is 0. The number of halogens is 1. The molecular formula is C15H14BrNO3S. The molecule has 3 rings (SSSR count). The zero-order valence-electron chi connectivity index (χ0n) is 11.4. The Balaban J connectivity index is 1.94. The number of hydrogen-bond acceptors (Lipinski definition) is 3. The molecular weight excluding hydrogens is 354 g/mol. The maximum absolute atomic E-state index is 12.3. The standard InChI is InChI=1S/C15H14BrNO3S/c1-20-14-5-2-11(3-6-14)9-17-15-7-4-13(16)8-12(15)10-21(17,18)19/h2-8H,9-10H2,1H3. The predicted molar refractivity (Wildman–Crippen MR) is 85.9 cm³/mol. The van der Waals surface area contributed by atoms with Crippen LogP contribution < -0.4 is 9.04 Å². The average Bonchev–Trinajstić information content (AvgIpc) is 2.69. The lowest BCUT2D eigenvalue weighted by atomic mass is 10.1. The summed E-state index contributed by atoms with van der Waals surface area (Å²) in [7, 11) is -1.69. The lowest BCUT2D eigenvalue weighted by molar-refractivity contribution is 0.414. The van der Waals surface area contributed by atoms with Gasteiger partial charge in [0, 0.05) is 4.47 Å². The summed E-state index contributed by atoms with van der Waals surface area (Å²) in [6.45, 7) is 0.334. The second-order valence-corrected chi connectivity index (χ2v) is 7.69. The summed E-state index contributed by atoms with van der Waals surface area (Å²) in [6.07, 6.45) is 0. The van der Waals surface area contributed by atoms with E-state index in [1.807, 2.05) is 42.5 Å². The van der Waals surface area contributed by atoms with E-state index in [1.54, 1.807) is 7.11 Å². The lowest BCUT2D eigenvalue weighted by Crippen LogP contribution is -2.26. The first-order valence-corrected chi connectivity index (χ1v) is 8.81. The Morgan fingerprint density at radius 2 is 1.90 bits per heavy atom. The van der Waals surface area contributed by atoms with Crippen molar-refractivity contribution in [2.24, 2.45) is 0 Å². The normalized spacial score (nSPS) is 15.8. The van der Waals surface area contributed by atoms with Crippen LogP contribution in [0.4, 0.5) is 5.69 Å². The maximum atomic E-state index is 12.3. The number of rotatable bonds is 3. The highest BCUT2D eigenvalue weighted by Gasteiger charge is 2.33. The quantitative estimate of drug-likeness (QED) is 0.835. The fourth-order valence-corrected chi connectivity index (χ4v) is 4.43. The zero-order chi connectivity index (χ0) is 15.0. The molecule has 0 radical (unpaired) electrons. The molecule has 4 nitrogen and oxygen atoms in total. The molecule has 1 aliphatic heterocycles. The molecule has 0 spiro atoms. The Labute approximate surface area is 132 Å². The third-order valence-electron chi connectivity index (χ3n) is 3.47. The van der Waals surface area contributed by atoms with Crippen molar-refractivity contribution in [3.05, 3.63) is 58.1 Å². The third-order valence-corrected chi connectivity index (χ3v) is 5.64. The van der Waals surface area contributed by atoms with Gasteiger partial charge in [0.25, 0.3) is 0 Å². The van der Waals surface area contributed by atoms with Crippen LogP contribution in [0.5, 0.6) is 5.75 Å². The van der Waals surface area contributed by atoms with Gasteiger partial charge in [-0.1, -0.05) is 28.1 Å². The van der Waals surface area contributed by atoms with Gasteiger partial charge in [-0.15, -0.1) is 0 Å². The van der Waals surface area contributed by atoms with Gasteiger partial charge in [0.05, 0.1) is 25.1 Å². The van der Waals surface area contributed by atoms with Crippen LogP contribution in [-0.2, 0) is 22.3 Å². The second-order valence-electron chi connectivity index (χ2n) is 4.88. The topological polar surface area (TPSA) is 46.6 Å².